The van der Waals surface area contributed by atoms with Crippen LogP contribution in [0.4, 0.5) is 5.69 Å². The van der Waals surface area contributed by atoms with Gasteiger partial charge in [0.25, 0.3) is 5.91 Å². The van der Waals surface area contributed by atoms with Crippen LogP contribution in [0.1, 0.15) is 36.0 Å². The molecule has 0 radical (unpaired) electrons. The molecule has 1 amide bonds. The number of nitrogens with one attached hydrogen (secondary N) is 2. The van der Waals surface area contributed by atoms with Crippen molar-refractivity contribution in [1.29, 1.82) is 0 Å². The highest BCUT2D eigenvalue weighted by atomic mass is 16.5. The Morgan fingerprint density at radius 2 is 1.65 bits per heavy atom. The minimum absolute atomic E-state index is 0.0164. The monoisotopic (exact) mass is 353 g/mol. The number of benzene rings is 2. The maximum Gasteiger partial charge on any atom is 0.262 e. The van der Waals surface area contributed by atoms with Crippen LogP contribution in [0.25, 0.3) is 0 Å². The number of hydrogen-bond donors (Lipinski definition) is 2. The molecule has 0 spiro atoms. The molecule has 1 aliphatic rings. The van der Waals surface area contributed by atoms with Crippen molar-refractivity contribution in [3.63, 3.8) is 0 Å². The zero-order valence-electron chi connectivity index (χ0n) is 15.8. The normalized spacial score (nSPS) is 14.8. The molecule has 2 aromatic carbocycles. The molecule has 1 saturated heterocycles. The van der Waals surface area contributed by atoms with Crippen LogP contribution in [0.2, 0.25) is 0 Å². The molecule has 0 aliphatic carbocycles. The van der Waals surface area contributed by atoms with Crippen LogP contribution in [0.3, 0.4) is 0 Å². The van der Waals surface area contributed by atoms with Crippen LogP contribution in [0.15, 0.2) is 42.5 Å². The molecule has 138 valence electrons. The summed E-state index contributed by atoms with van der Waals surface area (Å²) >= 11 is 0. The summed E-state index contributed by atoms with van der Waals surface area (Å²) in [5.41, 5.74) is 4.40. The molecule has 4 nitrogen and oxygen atoms in total. The third-order valence-electron chi connectivity index (χ3n) is 4.82. The van der Waals surface area contributed by atoms with Crippen molar-refractivity contribution in [3.8, 4) is 5.75 Å². The number of anilines is 1. The van der Waals surface area contributed by atoms with Gasteiger partial charge in [-0.15, -0.1) is 0 Å². The molecule has 26 heavy (non-hydrogen) atoms. The number of hydrogen-bond acceptors (Lipinski definition) is 2. The van der Waals surface area contributed by atoms with E-state index in [1.807, 2.05) is 38.1 Å². The number of likely N-dealkylation sites (tertiary alicyclic amines) is 1. The first-order valence-corrected chi connectivity index (χ1v) is 9.52. The lowest BCUT2D eigenvalue weighted by atomic mass is 10.1. The van der Waals surface area contributed by atoms with E-state index in [4.69, 9.17) is 4.74 Å². The lowest BCUT2D eigenvalue weighted by molar-refractivity contribution is -0.918. The van der Waals surface area contributed by atoms with E-state index in [9.17, 15) is 4.79 Å². The van der Waals surface area contributed by atoms with E-state index in [1.54, 1.807) is 4.90 Å². The number of aryl methyl sites for hydroxylation is 2. The number of carbonyl (C=O) groups is 1. The number of amides is 1. The van der Waals surface area contributed by atoms with Gasteiger partial charge in [0.2, 0.25) is 0 Å². The SMILES string of the molecule is Cc1cc(C)cc(OCC(=O)Nc2ccc(C[NH+]3CCCCC3)cc2)c1. The Morgan fingerprint density at radius 3 is 2.31 bits per heavy atom. The second kappa shape index (κ2) is 8.86. The summed E-state index contributed by atoms with van der Waals surface area (Å²) in [6.45, 7) is 7.68. The van der Waals surface area contributed by atoms with Gasteiger partial charge in [0.1, 0.15) is 12.3 Å². The standard InChI is InChI=1S/C22H28N2O2/c1-17-12-18(2)14-21(13-17)26-16-22(25)23-20-8-6-19(7-9-20)15-24-10-4-3-5-11-24/h6-9,12-14H,3-5,10-11,15-16H2,1-2H3,(H,23,25)/p+1. The number of quaternary nitrogens is 1. The highest BCUT2D eigenvalue weighted by Crippen LogP contribution is 2.16. The average Bonchev–Trinajstić information content (AvgIpc) is 2.62. The van der Waals surface area contributed by atoms with E-state index < -0.39 is 0 Å². The Bertz CT molecular complexity index is 714. The second-order valence-corrected chi connectivity index (χ2v) is 7.34. The Labute approximate surface area is 156 Å². The van der Waals surface area contributed by atoms with E-state index in [0.29, 0.717) is 0 Å². The fraction of sp³-hybridized carbons (Fsp3) is 0.409. The molecule has 4 heteroatoms. The summed E-state index contributed by atoms with van der Waals surface area (Å²) in [5, 5.41) is 2.90. The first-order chi connectivity index (χ1) is 12.6. The topological polar surface area (TPSA) is 42.8 Å². The van der Waals surface area contributed by atoms with Gasteiger partial charge in [0.15, 0.2) is 6.61 Å². The molecule has 2 N–H and O–H groups in total. The van der Waals surface area contributed by atoms with Crippen LogP contribution in [0, 0.1) is 13.8 Å². The minimum atomic E-state index is -0.140. The molecule has 0 atom stereocenters. The number of carbonyl (C=O) groups excluding carboxylic acids is 1. The van der Waals surface area contributed by atoms with Gasteiger partial charge >= 0.3 is 0 Å². The molecule has 0 saturated carbocycles. The Balaban J connectivity index is 1.47. The quantitative estimate of drug-likeness (QED) is 0.839. The highest BCUT2D eigenvalue weighted by molar-refractivity contribution is 5.91. The summed E-state index contributed by atoms with van der Waals surface area (Å²) in [5.74, 6) is 0.594. The lowest BCUT2D eigenvalue weighted by Crippen LogP contribution is -3.11. The van der Waals surface area contributed by atoms with Crippen LogP contribution in [-0.4, -0.2) is 25.6 Å². The minimum Gasteiger partial charge on any atom is -0.484 e. The molecule has 0 unspecified atom stereocenters. The maximum absolute atomic E-state index is 12.1. The molecule has 1 heterocycles. The first kappa shape index (κ1) is 18.5. The highest BCUT2D eigenvalue weighted by Gasteiger charge is 2.13. The van der Waals surface area contributed by atoms with E-state index in [1.165, 1.54) is 37.9 Å². The number of rotatable bonds is 6. The number of piperidine rings is 1. The third-order valence-corrected chi connectivity index (χ3v) is 4.82. The number of ether oxygens (including phenoxy) is 1. The summed E-state index contributed by atoms with van der Waals surface area (Å²) < 4.78 is 5.61. The molecule has 0 bridgehead atoms. The Morgan fingerprint density at radius 1 is 1.00 bits per heavy atom. The van der Waals surface area contributed by atoms with Gasteiger partial charge in [-0.05, 0) is 68.5 Å². The van der Waals surface area contributed by atoms with Crippen molar-refractivity contribution in [3.05, 3.63) is 59.2 Å². The van der Waals surface area contributed by atoms with Crippen LogP contribution in [-0.2, 0) is 11.3 Å². The largest absolute Gasteiger partial charge is 0.484 e. The zero-order valence-corrected chi connectivity index (χ0v) is 15.8. The van der Waals surface area contributed by atoms with Crippen molar-refractivity contribution < 1.29 is 14.4 Å². The average molecular weight is 353 g/mol. The van der Waals surface area contributed by atoms with E-state index in [2.05, 4.69) is 23.5 Å². The van der Waals surface area contributed by atoms with Crippen LogP contribution >= 0.6 is 0 Å². The zero-order chi connectivity index (χ0) is 18.4. The van der Waals surface area contributed by atoms with Crippen molar-refractivity contribution in [2.45, 2.75) is 39.7 Å². The van der Waals surface area contributed by atoms with Gasteiger partial charge in [-0.25, -0.2) is 0 Å². The third kappa shape index (κ3) is 5.60. The fourth-order valence-corrected chi connectivity index (χ4v) is 3.59. The summed E-state index contributed by atoms with van der Waals surface area (Å²) in [6, 6.07) is 14.2. The molecule has 1 aliphatic heterocycles. The smallest absolute Gasteiger partial charge is 0.262 e. The maximum atomic E-state index is 12.1. The van der Waals surface area contributed by atoms with Gasteiger partial charge in [-0.3, -0.25) is 4.79 Å². The van der Waals surface area contributed by atoms with Crippen LogP contribution in [0.5, 0.6) is 5.75 Å². The van der Waals surface area contributed by atoms with Gasteiger partial charge in [-0.1, -0.05) is 18.2 Å². The lowest BCUT2D eigenvalue weighted by Gasteiger charge is -2.23. The van der Waals surface area contributed by atoms with Gasteiger partial charge in [0, 0.05) is 11.3 Å². The molecule has 0 aromatic heterocycles. The van der Waals surface area contributed by atoms with Gasteiger partial charge in [0.05, 0.1) is 13.1 Å². The molecule has 3 rings (SSSR count). The second-order valence-electron chi connectivity index (χ2n) is 7.34. The first-order valence-electron chi connectivity index (χ1n) is 9.52. The molecule has 2 aromatic rings. The molecule has 1 fully saturated rings. The predicted molar refractivity (Wildman–Crippen MR) is 105 cm³/mol. The van der Waals surface area contributed by atoms with Gasteiger partial charge in [-0.2, -0.15) is 0 Å². The predicted octanol–water partition coefficient (Wildman–Crippen LogP) is 2.89. The van der Waals surface area contributed by atoms with E-state index in [-0.39, 0.29) is 12.5 Å². The van der Waals surface area contributed by atoms with Crippen LogP contribution < -0.4 is 15.0 Å². The summed E-state index contributed by atoms with van der Waals surface area (Å²) in [4.78, 5) is 13.8. The Kier molecular flexibility index (Phi) is 6.29. The summed E-state index contributed by atoms with van der Waals surface area (Å²) in [7, 11) is 0. The van der Waals surface area contributed by atoms with Crippen molar-refractivity contribution in [1.82, 2.24) is 0 Å². The van der Waals surface area contributed by atoms with Crippen molar-refractivity contribution in [2.75, 3.05) is 25.0 Å². The van der Waals surface area contributed by atoms with Gasteiger partial charge < -0.3 is 15.0 Å². The van der Waals surface area contributed by atoms with E-state index >= 15 is 0 Å². The van der Waals surface area contributed by atoms with Crippen molar-refractivity contribution >= 4 is 11.6 Å². The fourth-order valence-electron chi connectivity index (χ4n) is 3.59. The Hall–Kier alpha value is -2.33. The molecular weight excluding hydrogens is 324 g/mol. The van der Waals surface area contributed by atoms with E-state index in [0.717, 1.165) is 29.1 Å². The molecular formula is C22H29N2O2+. The van der Waals surface area contributed by atoms with Crippen molar-refractivity contribution in [2.24, 2.45) is 0 Å². The summed E-state index contributed by atoms with van der Waals surface area (Å²) in [6.07, 6.45) is 4.05.